The maximum Gasteiger partial charge on any atom is 0.274 e. The van der Waals surface area contributed by atoms with E-state index in [2.05, 4.69) is 5.32 Å². The van der Waals surface area contributed by atoms with Crippen molar-refractivity contribution in [2.45, 2.75) is 25.6 Å². The van der Waals surface area contributed by atoms with Crippen LogP contribution in [0.5, 0.6) is 5.75 Å². The van der Waals surface area contributed by atoms with Crippen molar-refractivity contribution in [3.05, 3.63) is 111 Å². The molecular weight excluding hydrogens is 506 g/mol. The Labute approximate surface area is 213 Å². The first-order chi connectivity index (χ1) is 18.2. The molecule has 5 rings (SSSR count). The number of aromatic nitrogens is 1. The van der Waals surface area contributed by atoms with Crippen LogP contribution in [-0.2, 0) is 13.2 Å². The van der Waals surface area contributed by atoms with Gasteiger partial charge in [-0.1, -0.05) is 30.3 Å². The number of fused-ring (bicyclic) bond motifs is 4. The largest absolute Gasteiger partial charge is 0.483 e. The van der Waals surface area contributed by atoms with Gasteiger partial charge in [-0.15, -0.1) is 0 Å². The fourth-order valence-electron chi connectivity index (χ4n) is 4.53. The number of rotatable bonds is 6. The van der Waals surface area contributed by atoms with E-state index in [0.717, 1.165) is 6.20 Å². The van der Waals surface area contributed by atoms with Gasteiger partial charge in [-0.3, -0.25) is 14.4 Å². The number of amides is 2. The summed E-state index contributed by atoms with van der Waals surface area (Å²) < 4.78 is 63.3. The van der Waals surface area contributed by atoms with Gasteiger partial charge in [0, 0.05) is 43.5 Å². The van der Waals surface area contributed by atoms with Crippen molar-refractivity contribution in [1.29, 1.82) is 0 Å². The lowest BCUT2D eigenvalue weighted by molar-refractivity contribution is 0.0674. The number of hydrogen-bond donors (Lipinski definition) is 1. The number of hydrogen-bond acceptors (Lipinski definition) is 4. The lowest BCUT2D eigenvalue weighted by Gasteiger charge is -2.34. The molecule has 2 aliphatic heterocycles. The number of carbonyl (C=O) groups excluding carboxylic acids is 2. The second-order valence-corrected chi connectivity index (χ2v) is 8.91. The molecule has 0 aliphatic carbocycles. The third-order valence-corrected chi connectivity index (χ3v) is 6.47. The normalized spacial score (nSPS) is 16.4. The zero-order valence-corrected chi connectivity index (χ0v) is 19.8. The molecule has 1 atom stereocenters. The summed E-state index contributed by atoms with van der Waals surface area (Å²) in [4.78, 5) is 41.2. The molecule has 0 spiro atoms. The highest BCUT2D eigenvalue weighted by molar-refractivity contribution is 5.99. The number of nitrogens with zero attached hydrogens (tertiary/aromatic N) is 2. The van der Waals surface area contributed by atoms with Crippen molar-refractivity contribution in [3.63, 3.8) is 0 Å². The Morgan fingerprint density at radius 1 is 1.05 bits per heavy atom. The van der Waals surface area contributed by atoms with Gasteiger partial charge in [-0.2, -0.15) is 0 Å². The van der Waals surface area contributed by atoms with Crippen molar-refractivity contribution < 1.29 is 31.9 Å². The van der Waals surface area contributed by atoms with Crippen LogP contribution in [0.3, 0.4) is 0 Å². The number of pyridine rings is 1. The molecule has 11 heteroatoms. The first-order valence-electron chi connectivity index (χ1n) is 11.8. The molecule has 3 aromatic rings. The van der Waals surface area contributed by atoms with E-state index in [1.54, 1.807) is 30.3 Å². The van der Waals surface area contributed by atoms with Gasteiger partial charge in [-0.05, 0) is 18.1 Å². The van der Waals surface area contributed by atoms with Gasteiger partial charge in [0.1, 0.15) is 41.5 Å². The lowest BCUT2D eigenvalue weighted by atomic mass is 10.1. The second kappa shape index (κ2) is 10.2. The Morgan fingerprint density at radius 3 is 2.47 bits per heavy atom. The van der Waals surface area contributed by atoms with Crippen LogP contribution in [0.4, 0.5) is 17.6 Å². The van der Waals surface area contributed by atoms with Gasteiger partial charge < -0.3 is 19.5 Å². The van der Waals surface area contributed by atoms with Gasteiger partial charge in [0.2, 0.25) is 5.43 Å². The van der Waals surface area contributed by atoms with E-state index >= 15 is 0 Å². The highest BCUT2D eigenvalue weighted by Gasteiger charge is 2.39. The molecule has 1 aromatic heterocycles. The average molecular weight is 527 g/mol. The van der Waals surface area contributed by atoms with Crippen LogP contribution in [0.1, 0.15) is 44.4 Å². The van der Waals surface area contributed by atoms with E-state index in [0.29, 0.717) is 17.7 Å². The van der Waals surface area contributed by atoms with Gasteiger partial charge >= 0.3 is 0 Å². The lowest BCUT2D eigenvalue weighted by Crippen LogP contribution is -2.45. The molecule has 196 valence electrons. The van der Waals surface area contributed by atoms with E-state index < -0.39 is 70.0 Å². The monoisotopic (exact) mass is 527 g/mol. The van der Waals surface area contributed by atoms with Crippen LogP contribution in [0, 0.1) is 17.5 Å². The van der Waals surface area contributed by atoms with Crippen LogP contribution in [-0.4, -0.2) is 34.4 Å². The standard InChI is InChI=1S/C27H21F4N3O4/c28-16-9-20(30)17(21(31)10-16)11-32-26(36)18-12-34-22-13-33(8-4-7-19(22)29)27(37)23(34)25(24(18)35)38-14-15-5-2-1-3-6-15/h1-3,5-7,9-10,12,22H,4,8,11,13-14H2,(H,32,36)/t22-/m1/s1. The molecule has 38 heavy (non-hydrogen) atoms. The predicted octanol–water partition coefficient (Wildman–Crippen LogP) is 4.03. The van der Waals surface area contributed by atoms with Crippen LogP contribution in [0.25, 0.3) is 0 Å². The number of benzene rings is 2. The Kier molecular flexibility index (Phi) is 6.75. The summed E-state index contributed by atoms with van der Waals surface area (Å²) in [6, 6.07) is 8.70. The Morgan fingerprint density at radius 2 is 1.76 bits per heavy atom. The summed E-state index contributed by atoms with van der Waals surface area (Å²) in [5, 5.41) is 2.24. The molecule has 2 aromatic carbocycles. The maximum absolute atomic E-state index is 15.0. The summed E-state index contributed by atoms with van der Waals surface area (Å²) in [7, 11) is 0. The van der Waals surface area contributed by atoms with E-state index in [9.17, 15) is 31.9 Å². The van der Waals surface area contributed by atoms with Crippen molar-refractivity contribution in [2.75, 3.05) is 13.1 Å². The van der Waals surface area contributed by atoms with Crippen LogP contribution < -0.4 is 15.5 Å². The second-order valence-electron chi connectivity index (χ2n) is 8.91. The topological polar surface area (TPSA) is 80.6 Å². The molecule has 2 bridgehead atoms. The third kappa shape index (κ3) is 4.67. The van der Waals surface area contributed by atoms with E-state index in [4.69, 9.17) is 4.74 Å². The Bertz CT molecular complexity index is 1500. The molecule has 0 unspecified atom stereocenters. The molecule has 2 aliphatic rings. The minimum atomic E-state index is -1.21. The van der Waals surface area contributed by atoms with Crippen molar-refractivity contribution in [1.82, 2.24) is 14.8 Å². The minimum Gasteiger partial charge on any atom is -0.483 e. The average Bonchev–Trinajstić information content (AvgIpc) is 3.06. The SMILES string of the molecule is O=C(NCc1c(F)cc(F)cc1F)c1cn2c(c(OCc3ccccc3)c1=O)C(=O)N1CCC=C(F)[C@H]2C1. The van der Waals surface area contributed by atoms with Crippen LogP contribution in [0.2, 0.25) is 0 Å². The first kappa shape index (κ1) is 25.2. The van der Waals surface area contributed by atoms with Gasteiger partial charge in [-0.25, -0.2) is 17.6 Å². The zero-order chi connectivity index (χ0) is 27.0. The number of ether oxygens (including phenoxy) is 1. The van der Waals surface area contributed by atoms with E-state index in [-0.39, 0.29) is 31.8 Å². The summed E-state index contributed by atoms with van der Waals surface area (Å²) in [6.45, 7) is -0.576. The van der Waals surface area contributed by atoms with Crippen LogP contribution in [0.15, 0.2) is 65.4 Å². The third-order valence-electron chi connectivity index (χ3n) is 6.47. The summed E-state index contributed by atoms with van der Waals surface area (Å²) in [5.74, 6) is -6.12. The van der Waals surface area contributed by atoms with E-state index in [1.165, 1.54) is 15.5 Å². The molecule has 0 fully saturated rings. The highest BCUT2D eigenvalue weighted by atomic mass is 19.1. The highest BCUT2D eigenvalue weighted by Crippen LogP contribution is 2.34. The predicted molar refractivity (Wildman–Crippen MR) is 128 cm³/mol. The molecule has 0 saturated carbocycles. The van der Waals surface area contributed by atoms with Gasteiger partial charge in [0.05, 0.1) is 0 Å². The smallest absolute Gasteiger partial charge is 0.274 e. The van der Waals surface area contributed by atoms with Crippen molar-refractivity contribution in [2.24, 2.45) is 0 Å². The molecular formula is C27H21F4N3O4. The molecule has 0 radical (unpaired) electrons. The first-order valence-corrected chi connectivity index (χ1v) is 11.8. The fraction of sp³-hybridized carbons (Fsp3) is 0.222. The Balaban J connectivity index is 1.56. The van der Waals surface area contributed by atoms with Crippen molar-refractivity contribution in [3.8, 4) is 5.75 Å². The van der Waals surface area contributed by atoms with E-state index in [1.807, 2.05) is 0 Å². The molecule has 3 heterocycles. The fourth-order valence-corrected chi connectivity index (χ4v) is 4.53. The van der Waals surface area contributed by atoms with Gasteiger partial charge in [0.25, 0.3) is 11.8 Å². The minimum absolute atomic E-state index is 0.0117. The summed E-state index contributed by atoms with van der Waals surface area (Å²) >= 11 is 0. The molecule has 7 nitrogen and oxygen atoms in total. The number of nitrogens with one attached hydrogen (secondary N) is 1. The Hall–Kier alpha value is -4.41. The maximum atomic E-state index is 15.0. The zero-order valence-electron chi connectivity index (χ0n) is 19.8. The molecule has 1 N–H and O–H groups in total. The molecule has 0 saturated heterocycles. The number of halogens is 4. The van der Waals surface area contributed by atoms with Crippen LogP contribution >= 0.6 is 0 Å². The summed E-state index contributed by atoms with van der Waals surface area (Å²) in [5.41, 5.74) is -1.59. The molecule has 2 amide bonds. The van der Waals surface area contributed by atoms with Crippen molar-refractivity contribution >= 4 is 11.8 Å². The summed E-state index contributed by atoms with van der Waals surface area (Å²) in [6.07, 6.45) is 2.67. The number of carbonyl (C=O) groups is 2. The van der Waals surface area contributed by atoms with Gasteiger partial charge in [0.15, 0.2) is 11.4 Å². The quantitative estimate of drug-likeness (QED) is 0.491.